The SMILES string of the molecule is C[CH+]CC(O)COc1ccc2oc(C(=O)OCC)cc(=O)c2c1. The Morgan fingerprint density at radius 3 is 2.87 bits per heavy atom. The van der Waals surface area contributed by atoms with E-state index in [1.165, 1.54) is 6.07 Å². The van der Waals surface area contributed by atoms with Gasteiger partial charge in [0.2, 0.25) is 5.76 Å². The fourth-order valence-corrected chi connectivity index (χ4v) is 2.06. The zero-order chi connectivity index (χ0) is 16.8. The van der Waals surface area contributed by atoms with Gasteiger partial charge in [0.15, 0.2) is 5.43 Å². The van der Waals surface area contributed by atoms with Crippen LogP contribution in [0.5, 0.6) is 5.75 Å². The quantitative estimate of drug-likeness (QED) is 0.622. The molecular formula is C17H19O6+. The van der Waals surface area contributed by atoms with Crippen LogP contribution in [0.4, 0.5) is 0 Å². The molecule has 0 bridgehead atoms. The number of aliphatic hydroxyl groups is 1. The maximum absolute atomic E-state index is 12.1. The lowest BCUT2D eigenvalue weighted by atomic mass is 10.2. The Kier molecular flexibility index (Phi) is 5.65. The lowest BCUT2D eigenvalue weighted by Gasteiger charge is -2.09. The molecule has 0 saturated carbocycles. The number of hydrogen-bond acceptors (Lipinski definition) is 6. The Hall–Kier alpha value is -2.47. The van der Waals surface area contributed by atoms with Gasteiger partial charge in [0, 0.05) is 6.07 Å². The van der Waals surface area contributed by atoms with Gasteiger partial charge in [-0.1, -0.05) is 0 Å². The van der Waals surface area contributed by atoms with Crippen LogP contribution in [0.25, 0.3) is 11.0 Å². The minimum absolute atomic E-state index is 0.127. The zero-order valence-electron chi connectivity index (χ0n) is 13.1. The fraction of sp³-hybridized carbons (Fsp3) is 0.353. The van der Waals surface area contributed by atoms with Crippen molar-refractivity contribution >= 4 is 16.9 Å². The summed E-state index contributed by atoms with van der Waals surface area (Å²) in [5.74, 6) is -0.360. The van der Waals surface area contributed by atoms with Gasteiger partial charge in [0.25, 0.3) is 0 Å². The van der Waals surface area contributed by atoms with E-state index in [0.717, 1.165) is 6.07 Å². The number of benzene rings is 1. The predicted molar refractivity (Wildman–Crippen MR) is 84.5 cm³/mol. The average Bonchev–Trinajstić information content (AvgIpc) is 2.53. The van der Waals surface area contributed by atoms with Gasteiger partial charge in [-0.2, -0.15) is 0 Å². The fourth-order valence-electron chi connectivity index (χ4n) is 2.06. The summed E-state index contributed by atoms with van der Waals surface area (Å²) >= 11 is 0. The number of rotatable bonds is 7. The van der Waals surface area contributed by atoms with E-state index in [1.54, 1.807) is 19.1 Å². The van der Waals surface area contributed by atoms with Gasteiger partial charge in [-0.3, -0.25) is 4.79 Å². The first kappa shape index (κ1) is 16.9. The molecule has 0 spiro atoms. The van der Waals surface area contributed by atoms with Gasteiger partial charge in [-0.05, 0) is 25.1 Å². The first-order valence-electron chi connectivity index (χ1n) is 7.38. The third kappa shape index (κ3) is 4.26. The highest BCUT2D eigenvalue weighted by Crippen LogP contribution is 2.20. The van der Waals surface area contributed by atoms with Crippen LogP contribution in [-0.2, 0) is 4.74 Å². The second kappa shape index (κ2) is 7.69. The maximum atomic E-state index is 12.1. The summed E-state index contributed by atoms with van der Waals surface area (Å²) in [7, 11) is 0. The van der Waals surface area contributed by atoms with Crippen LogP contribution in [0.15, 0.2) is 33.5 Å². The molecule has 122 valence electrons. The molecule has 0 saturated heterocycles. The third-order valence-electron chi connectivity index (χ3n) is 3.13. The van der Waals surface area contributed by atoms with Gasteiger partial charge in [0.1, 0.15) is 30.5 Å². The van der Waals surface area contributed by atoms with Gasteiger partial charge in [0.05, 0.1) is 25.3 Å². The molecule has 2 aromatic rings. The van der Waals surface area contributed by atoms with Crippen molar-refractivity contribution in [1.82, 2.24) is 0 Å². The number of carbonyl (C=O) groups is 1. The van der Waals surface area contributed by atoms with Gasteiger partial charge >= 0.3 is 5.97 Å². The number of esters is 1. The van der Waals surface area contributed by atoms with E-state index in [-0.39, 0.29) is 30.0 Å². The largest absolute Gasteiger partial charge is 0.491 e. The Morgan fingerprint density at radius 2 is 2.17 bits per heavy atom. The summed E-state index contributed by atoms with van der Waals surface area (Å²) in [6.07, 6.45) is 1.77. The lowest BCUT2D eigenvalue weighted by Crippen LogP contribution is -2.17. The van der Waals surface area contributed by atoms with Crippen LogP contribution < -0.4 is 10.2 Å². The Labute approximate surface area is 133 Å². The molecule has 0 amide bonds. The van der Waals surface area contributed by atoms with E-state index in [4.69, 9.17) is 13.9 Å². The molecule has 0 aliphatic heterocycles. The molecule has 1 unspecified atom stereocenters. The Balaban J connectivity index is 2.23. The molecule has 2 rings (SSSR count). The molecule has 1 N–H and O–H groups in total. The van der Waals surface area contributed by atoms with Crippen LogP contribution in [-0.4, -0.2) is 30.4 Å². The highest BCUT2D eigenvalue weighted by Gasteiger charge is 2.14. The van der Waals surface area contributed by atoms with E-state index >= 15 is 0 Å². The van der Waals surface area contributed by atoms with Crippen LogP contribution >= 0.6 is 0 Å². The molecule has 6 nitrogen and oxygen atoms in total. The average molecular weight is 319 g/mol. The van der Waals surface area contributed by atoms with Crippen molar-refractivity contribution in [3.8, 4) is 5.75 Å². The van der Waals surface area contributed by atoms with E-state index in [0.29, 0.717) is 17.6 Å². The predicted octanol–water partition coefficient (Wildman–Crippen LogP) is 2.32. The van der Waals surface area contributed by atoms with Crippen molar-refractivity contribution in [2.24, 2.45) is 0 Å². The molecule has 6 heteroatoms. The summed E-state index contributed by atoms with van der Waals surface area (Å²) in [6.45, 7) is 3.85. The standard InChI is InChI=1S/C17H19O6/c1-3-5-11(18)10-22-12-6-7-15-13(8-12)14(19)9-16(23-15)17(20)21-4-2/h3,6-9,11,18H,4-5,10H2,1-2H3/q+1. The van der Waals surface area contributed by atoms with Gasteiger partial charge in [-0.25, -0.2) is 4.79 Å². The Morgan fingerprint density at radius 1 is 1.39 bits per heavy atom. The van der Waals surface area contributed by atoms with Crippen molar-refractivity contribution in [3.63, 3.8) is 0 Å². The van der Waals surface area contributed by atoms with Crippen LogP contribution in [0.1, 0.15) is 30.8 Å². The summed E-state index contributed by atoms with van der Waals surface area (Å²) < 4.78 is 15.7. The minimum atomic E-state index is -0.675. The van der Waals surface area contributed by atoms with E-state index in [9.17, 15) is 14.7 Å². The molecule has 0 radical (unpaired) electrons. The van der Waals surface area contributed by atoms with Crippen molar-refractivity contribution in [2.45, 2.75) is 26.4 Å². The number of fused-ring (bicyclic) bond motifs is 1. The summed E-state index contributed by atoms with van der Waals surface area (Å²) in [5, 5.41) is 9.94. The molecule has 1 heterocycles. The van der Waals surface area contributed by atoms with Crippen LogP contribution in [0.3, 0.4) is 0 Å². The van der Waals surface area contributed by atoms with E-state index < -0.39 is 12.1 Å². The topological polar surface area (TPSA) is 86.0 Å². The molecular weight excluding hydrogens is 300 g/mol. The number of ether oxygens (including phenoxy) is 2. The summed E-state index contributed by atoms with van der Waals surface area (Å²) in [4.78, 5) is 23.8. The normalized spacial score (nSPS) is 12.0. The van der Waals surface area contributed by atoms with Gasteiger partial charge in [-0.15, -0.1) is 0 Å². The first-order valence-corrected chi connectivity index (χ1v) is 7.38. The van der Waals surface area contributed by atoms with E-state index in [1.807, 2.05) is 13.3 Å². The van der Waals surface area contributed by atoms with E-state index in [2.05, 4.69) is 0 Å². The second-order valence-electron chi connectivity index (χ2n) is 4.96. The molecule has 1 aromatic heterocycles. The minimum Gasteiger partial charge on any atom is -0.491 e. The first-order chi connectivity index (χ1) is 11.0. The highest BCUT2D eigenvalue weighted by molar-refractivity contribution is 5.89. The number of carbonyl (C=O) groups excluding carboxylic acids is 1. The second-order valence-corrected chi connectivity index (χ2v) is 4.96. The molecule has 0 aliphatic rings. The molecule has 23 heavy (non-hydrogen) atoms. The van der Waals surface area contributed by atoms with Crippen molar-refractivity contribution in [2.75, 3.05) is 13.2 Å². The van der Waals surface area contributed by atoms with Crippen LogP contribution in [0, 0.1) is 6.42 Å². The van der Waals surface area contributed by atoms with Crippen molar-refractivity contribution in [3.05, 3.63) is 46.7 Å². The molecule has 0 aliphatic carbocycles. The smallest absolute Gasteiger partial charge is 0.374 e. The summed E-state index contributed by atoms with van der Waals surface area (Å²) in [5.41, 5.74) is -0.0856. The monoisotopic (exact) mass is 319 g/mol. The van der Waals surface area contributed by atoms with Crippen LogP contribution in [0.2, 0.25) is 0 Å². The number of aliphatic hydroxyl groups excluding tert-OH is 1. The Bertz CT molecular complexity index is 733. The molecule has 0 fully saturated rings. The highest BCUT2D eigenvalue weighted by atomic mass is 16.5. The number of hydrogen-bond donors (Lipinski definition) is 1. The molecule has 1 aromatic carbocycles. The maximum Gasteiger partial charge on any atom is 0.374 e. The molecule has 1 atom stereocenters. The lowest BCUT2D eigenvalue weighted by molar-refractivity contribution is 0.0490. The zero-order valence-corrected chi connectivity index (χ0v) is 13.1. The summed E-state index contributed by atoms with van der Waals surface area (Å²) in [6, 6.07) is 5.79. The van der Waals surface area contributed by atoms with Crippen molar-refractivity contribution in [1.29, 1.82) is 0 Å². The van der Waals surface area contributed by atoms with Gasteiger partial charge < -0.3 is 19.0 Å². The van der Waals surface area contributed by atoms with Crippen molar-refractivity contribution < 1.29 is 23.8 Å². The third-order valence-corrected chi connectivity index (χ3v) is 3.13.